The van der Waals surface area contributed by atoms with Crippen molar-refractivity contribution in [2.75, 3.05) is 0 Å². The average Bonchev–Trinajstić information content (AvgIpc) is 2.14. The molecule has 0 unspecified atom stereocenters. The first-order valence-corrected chi connectivity index (χ1v) is 5.24. The molecule has 1 heterocycles. The summed E-state index contributed by atoms with van der Waals surface area (Å²) in [5.74, 6) is 1.21. The number of halogens is 1. The minimum atomic E-state index is 0.221. The van der Waals surface area contributed by atoms with Crippen LogP contribution in [0.15, 0.2) is 42.5 Å². The smallest absolute Gasteiger partial charge is 0.213 e. The third-order valence-corrected chi connectivity index (χ3v) is 2.14. The van der Waals surface area contributed by atoms with Gasteiger partial charge in [0.25, 0.3) is 0 Å². The lowest BCUT2D eigenvalue weighted by molar-refractivity contribution is 0.954. The van der Waals surface area contributed by atoms with Gasteiger partial charge in [0.1, 0.15) is 5.82 Å². The van der Waals surface area contributed by atoms with E-state index in [2.05, 4.69) is 15.0 Å². The van der Waals surface area contributed by atoms with E-state index < -0.39 is 0 Å². The lowest BCUT2D eigenvalue weighted by Crippen LogP contribution is -1.99. The Labute approximate surface area is 98.9 Å². The molecular weight excluding hydrogens is 222 g/mol. The second-order valence-corrected chi connectivity index (χ2v) is 3.56. The Morgan fingerprint density at radius 3 is 2.50 bits per heavy atom. The fourth-order valence-corrected chi connectivity index (χ4v) is 1.50. The Morgan fingerprint density at radius 2 is 1.69 bits per heavy atom. The molecule has 0 aliphatic heterocycles. The standard InChI is InChI=1S/C12H10ClN3/c1-9-14-11(16-12(13)15-9)10-7-5-3-2-4-6-8-10/h2-8H,1H3. The van der Waals surface area contributed by atoms with E-state index in [1.807, 2.05) is 42.5 Å². The third kappa shape index (κ3) is 2.64. The van der Waals surface area contributed by atoms with E-state index in [4.69, 9.17) is 11.6 Å². The number of nitrogens with zero attached hydrogens (tertiary/aromatic N) is 3. The van der Waals surface area contributed by atoms with Crippen LogP contribution in [0.1, 0.15) is 11.6 Å². The highest BCUT2D eigenvalue weighted by Crippen LogP contribution is 2.14. The Bertz CT molecular complexity index is 493. The van der Waals surface area contributed by atoms with Gasteiger partial charge in [-0.05, 0) is 18.5 Å². The van der Waals surface area contributed by atoms with Crippen molar-refractivity contribution >= 4 is 17.2 Å². The molecule has 0 fully saturated rings. The second kappa shape index (κ2) is 4.86. The molecule has 1 aliphatic rings. The first kappa shape index (κ1) is 10.8. The highest BCUT2D eigenvalue weighted by molar-refractivity contribution is 6.28. The first-order chi connectivity index (χ1) is 7.75. The van der Waals surface area contributed by atoms with Gasteiger partial charge in [0.05, 0.1) is 0 Å². The Morgan fingerprint density at radius 1 is 0.938 bits per heavy atom. The molecule has 1 aliphatic carbocycles. The van der Waals surface area contributed by atoms with Crippen LogP contribution in [-0.4, -0.2) is 15.0 Å². The summed E-state index contributed by atoms with van der Waals surface area (Å²) in [6.45, 7) is 1.79. The van der Waals surface area contributed by atoms with Crippen LogP contribution >= 0.6 is 11.6 Å². The largest absolute Gasteiger partial charge is 0.226 e. The van der Waals surface area contributed by atoms with Gasteiger partial charge in [-0.1, -0.05) is 42.5 Å². The molecule has 80 valence electrons. The predicted molar refractivity (Wildman–Crippen MR) is 65.0 cm³/mol. The van der Waals surface area contributed by atoms with Crippen molar-refractivity contribution < 1.29 is 0 Å². The van der Waals surface area contributed by atoms with Crippen LogP contribution in [0.25, 0.3) is 5.57 Å². The van der Waals surface area contributed by atoms with Crippen LogP contribution in [0.3, 0.4) is 0 Å². The van der Waals surface area contributed by atoms with E-state index in [1.165, 1.54) is 0 Å². The molecular formula is C12H10ClN3. The summed E-state index contributed by atoms with van der Waals surface area (Å²) in [5.41, 5.74) is 0.910. The number of rotatable bonds is 1. The van der Waals surface area contributed by atoms with Crippen LogP contribution in [0, 0.1) is 6.92 Å². The summed E-state index contributed by atoms with van der Waals surface area (Å²) < 4.78 is 0. The number of allylic oxidation sites excluding steroid dienone is 8. The molecule has 0 saturated carbocycles. The zero-order valence-corrected chi connectivity index (χ0v) is 9.52. The van der Waals surface area contributed by atoms with E-state index >= 15 is 0 Å². The summed E-state index contributed by atoms with van der Waals surface area (Å²) in [5, 5.41) is 0.221. The SMILES string of the molecule is Cc1nc(Cl)nc(C2=CC=CC=CC=C2)n1. The maximum Gasteiger partial charge on any atom is 0.226 e. The van der Waals surface area contributed by atoms with Gasteiger partial charge in [-0.2, -0.15) is 4.98 Å². The van der Waals surface area contributed by atoms with E-state index in [-0.39, 0.29) is 5.28 Å². The highest BCUT2D eigenvalue weighted by Gasteiger charge is 2.04. The van der Waals surface area contributed by atoms with Crippen LogP contribution in [0.5, 0.6) is 0 Å². The van der Waals surface area contributed by atoms with E-state index in [0.717, 1.165) is 5.57 Å². The van der Waals surface area contributed by atoms with E-state index in [0.29, 0.717) is 11.6 Å². The lowest BCUT2D eigenvalue weighted by Gasteiger charge is -2.02. The molecule has 0 atom stereocenters. The van der Waals surface area contributed by atoms with Crippen LogP contribution in [0.2, 0.25) is 5.28 Å². The fraction of sp³-hybridized carbons (Fsp3) is 0.0833. The van der Waals surface area contributed by atoms with Gasteiger partial charge in [0.2, 0.25) is 5.28 Å². The molecule has 1 aromatic heterocycles. The molecule has 3 nitrogen and oxygen atoms in total. The van der Waals surface area contributed by atoms with Gasteiger partial charge in [-0.15, -0.1) is 0 Å². The minimum absolute atomic E-state index is 0.221. The van der Waals surface area contributed by atoms with Crippen molar-refractivity contribution in [3.63, 3.8) is 0 Å². The lowest BCUT2D eigenvalue weighted by atomic mass is 10.2. The van der Waals surface area contributed by atoms with Crippen molar-refractivity contribution in [3.8, 4) is 0 Å². The van der Waals surface area contributed by atoms with Gasteiger partial charge in [0, 0.05) is 5.57 Å². The second-order valence-electron chi connectivity index (χ2n) is 3.23. The number of hydrogen-bond donors (Lipinski definition) is 0. The highest BCUT2D eigenvalue weighted by atomic mass is 35.5. The van der Waals surface area contributed by atoms with Crippen LogP contribution < -0.4 is 0 Å². The maximum atomic E-state index is 5.80. The van der Waals surface area contributed by atoms with E-state index in [1.54, 1.807) is 6.92 Å². The summed E-state index contributed by atoms with van der Waals surface area (Å²) in [6, 6.07) is 0. The monoisotopic (exact) mass is 231 g/mol. The van der Waals surface area contributed by atoms with Gasteiger partial charge in [-0.25, -0.2) is 9.97 Å². The van der Waals surface area contributed by atoms with Gasteiger partial charge < -0.3 is 0 Å². The number of aryl methyl sites for hydroxylation is 1. The Kier molecular flexibility index (Phi) is 3.27. The molecule has 1 aromatic rings. The van der Waals surface area contributed by atoms with Crippen molar-refractivity contribution in [3.05, 3.63) is 59.5 Å². The van der Waals surface area contributed by atoms with Crippen molar-refractivity contribution in [1.82, 2.24) is 15.0 Å². The normalized spacial score (nSPS) is 14.5. The van der Waals surface area contributed by atoms with Crippen molar-refractivity contribution in [2.45, 2.75) is 6.92 Å². The average molecular weight is 232 g/mol. The van der Waals surface area contributed by atoms with Gasteiger partial charge in [0.15, 0.2) is 5.82 Å². The summed E-state index contributed by atoms with van der Waals surface area (Å²) in [7, 11) is 0. The van der Waals surface area contributed by atoms with Crippen molar-refractivity contribution in [1.29, 1.82) is 0 Å². The Hall–Kier alpha value is -1.74. The first-order valence-electron chi connectivity index (χ1n) is 4.86. The quantitative estimate of drug-likeness (QED) is 0.746. The molecule has 0 spiro atoms. The molecule has 16 heavy (non-hydrogen) atoms. The van der Waals surface area contributed by atoms with E-state index in [9.17, 15) is 0 Å². The fourth-order valence-electron chi connectivity index (χ4n) is 1.29. The third-order valence-electron chi connectivity index (χ3n) is 1.97. The molecule has 2 rings (SSSR count). The number of hydrogen-bond acceptors (Lipinski definition) is 3. The Balaban J connectivity index is 2.43. The molecule has 0 N–H and O–H groups in total. The molecule has 0 bridgehead atoms. The van der Waals surface area contributed by atoms with Crippen LogP contribution in [0.4, 0.5) is 0 Å². The zero-order chi connectivity index (χ0) is 11.4. The number of aromatic nitrogens is 3. The molecule has 0 amide bonds. The minimum Gasteiger partial charge on any atom is -0.213 e. The van der Waals surface area contributed by atoms with Gasteiger partial charge >= 0.3 is 0 Å². The van der Waals surface area contributed by atoms with Crippen LogP contribution in [-0.2, 0) is 0 Å². The topological polar surface area (TPSA) is 38.7 Å². The van der Waals surface area contributed by atoms with Crippen molar-refractivity contribution in [2.24, 2.45) is 0 Å². The summed E-state index contributed by atoms with van der Waals surface area (Å²) >= 11 is 5.80. The molecule has 4 heteroatoms. The zero-order valence-electron chi connectivity index (χ0n) is 8.76. The predicted octanol–water partition coefficient (Wildman–Crippen LogP) is 2.90. The van der Waals surface area contributed by atoms with Gasteiger partial charge in [-0.3, -0.25) is 0 Å². The maximum absolute atomic E-state index is 5.80. The molecule has 0 aromatic carbocycles. The molecule has 0 radical (unpaired) electrons. The summed E-state index contributed by atoms with van der Waals surface area (Å²) in [4.78, 5) is 12.3. The summed E-state index contributed by atoms with van der Waals surface area (Å²) in [6.07, 6.45) is 13.6. The molecule has 0 saturated heterocycles.